The van der Waals surface area contributed by atoms with Crippen molar-refractivity contribution < 1.29 is 23.1 Å². The smallest absolute Gasteiger partial charge is 0.349 e. The third kappa shape index (κ3) is 2.31. The second-order valence-electron chi connectivity index (χ2n) is 4.26. The monoisotopic (exact) mass is 274 g/mol. The summed E-state index contributed by atoms with van der Waals surface area (Å²) in [5.74, 6) is -4.64. The van der Waals surface area contributed by atoms with Crippen LogP contribution in [-0.2, 0) is 4.84 Å². The van der Waals surface area contributed by atoms with E-state index in [9.17, 15) is 18.3 Å². The van der Waals surface area contributed by atoms with Gasteiger partial charge in [-0.15, -0.1) is 0 Å². The molecule has 2 rings (SSSR count). The van der Waals surface area contributed by atoms with Gasteiger partial charge in [-0.05, 0) is 18.5 Å². The molecule has 0 spiro atoms. The van der Waals surface area contributed by atoms with Crippen molar-refractivity contribution in [3.05, 3.63) is 35.9 Å². The molecular formula is C12H13F3N2O2. The highest BCUT2D eigenvalue weighted by Gasteiger charge is 2.66. The minimum atomic E-state index is -4.94. The maximum Gasteiger partial charge on any atom is 0.458 e. The molecule has 7 heteroatoms. The molecule has 1 aliphatic rings. The van der Waals surface area contributed by atoms with Crippen LogP contribution in [0.4, 0.5) is 13.2 Å². The fourth-order valence-corrected chi connectivity index (χ4v) is 2.04. The Balaban J connectivity index is 2.37. The first-order chi connectivity index (χ1) is 8.90. The Labute approximate surface area is 107 Å². The Kier molecular flexibility index (Phi) is 3.51. The molecule has 1 aliphatic heterocycles. The average Bonchev–Trinajstić information content (AvgIpc) is 2.70. The van der Waals surface area contributed by atoms with E-state index in [4.69, 9.17) is 5.73 Å². The number of alkyl halides is 3. The van der Waals surface area contributed by atoms with Gasteiger partial charge in [0.1, 0.15) is 0 Å². The molecule has 1 aromatic rings. The molecule has 0 saturated carbocycles. The van der Waals surface area contributed by atoms with Crippen LogP contribution in [0, 0.1) is 5.92 Å². The van der Waals surface area contributed by atoms with E-state index < -0.39 is 17.9 Å². The van der Waals surface area contributed by atoms with Crippen LogP contribution in [0.15, 0.2) is 35.5 Å². The summed E-state index contributed by atoms with van der Waals surface area (Å²) in [6.07, 6.45) is -5.02. The van der Waals surface area contributed by atoms with Gasteiger partial charge in [0.05, 0.1) is 11.6 Å². The number of rotatable bonds is 3. The predicted molar refractivity (Wildman–Crippen MR) is 62.2 cm³/mol. The highest BCUT2D eigenvalue weighted by Crippen LogP contribution is 2.44. The molecule has 0 amide bonds. The molecule has 3 N–H and O–H groups in total. The number of hydrogen-bond donors (Lipinski definition) is 2. The summed E-state index contributed by atoms with van der Waals surface area (Å²) >= 11 is 0. The second kappa shape index (κ2) is 4.82. The van der Waals surface area contributed by atoms with Crippen LogP contribution in [0.25, 0.3) is 0 Å². The van der Waals surface area contributed by atoms with Crippen LogP contribution in [-0.4, -0.2) is 29.3 Å². The van der Waals surface area contributed by atoms with Gasteiger partial charge in [-0.2, -0.15) is 13.2 Å². The van der Waals surface area contributed by atoms with Gasteiger partial charge in [0, 0.05) is 0 Å². The number of hydrogen-bond acceptors (Lipinski definition) is 4. The van der Waals surface area contributed by atoms with Crippen LogP contribution in [0.2, 0.25) is 0 Å². The molecule has 0 aromatic heterocycles. The number of nitrogens with two attached hydrogens (primary N) is 1. The van der Waals surface area contributed by atoms with Gasteiger partial charge in [0.15, 0.2) is 0 Å². The minimum absolute atomic E-state index is 0.0156. The van der Waals surface area contributed by atoms with E-state index in [1.165, 1.54) is 0 Å². The quantitative estimate of drug-likeness (QED) is 0.880. The van der Waals surface area contributed by atoms with Gasteiger partial charge in [-0.1, -0.05) is 35.5 Å². The normalized spacial score (nSPS) is 27.0. The number of halogens is 3. The van der Waals surface area contributed by atoms with Gasteiger partial charge < -0.3 is 15.7 Å². The maximum absolute atomic E-state index is 12.9. The van der Waals surface area contributed by atoms with Crippen molar-refractivity contribution >= 4 is 5.71 Å². The Morgan fingerprint density at radius 2 is 1.95 bits per heavy atom. The molecule has 19 heavy (non-hydrogen) atoms. The van der Waals surface area contributed by atoms with Crippen LogP contribution >= 0.6 is 0 Å². The number of oxime groups is 1. The lowest BCUT2D eigenvalue weighted by atomic mass is 9.87. The molecule has 0 fully saturated rings. The second-order valence-corrected chi connectivity index (χ2v) is 4.26. The molecule has 0 bridgehead atoms. The first kappa shape index (κ1) is 13.8. The zero-order valence-electron chi connectivity index (χ0n) is 9.89. The molecule has 4 nitrogen and oxygen atoms in total. The molecule has 1 heterocycles. The summed E-state index contributed by atoms with van der Waals surface area (Å²) in [5, 5.41) is 13.1. The van der Waals surface area contributed by atoms with Gasteiger partial charge in [-0.3, -0.25) is 0 Å². The van der Waals surface area contributed by atoms with Gasteiger partial charge in [0.25, 0.3) is 0 Å². The molecule has 2 atom stereocenters. The Hall–Kier alpha value is -1.60. The first-order valence-corrected chi connectivity index (χ1v) is 5.71. The van der Waals surface area contributed by atoms with Gasteiger partial charge in [0.2, 0.25) is 0 Å². The minimum Gasteiger partial charge on any atom is -0.349 e. The third-order valence-corrected chi connectivity index (χ3v) is 3.02. The molecule has 0 radical (unpaired) electrons. The van der Waals surface area contributed by atoms with E-state index in [0.717, 1.165) is 0 Å². The summed E-state index contributed by atoms with van der Waals surface area (Å²) in [7, 11) is 0. The molecule has 0 unspecified atom stereocenters. The first-order valence-electron chi connectivity index (χ1n) is 5.71. The lowest BCUT2D eigenvalue weighted by Crippen LogP contribution is -2.52. The van der Waals surface area contributed by atoms with Gasteiger partial charge >= 0.3 is 12.0 Å². The topological polar surface area (TPSA) is 67.8 Å². The molecular weight excluding hydrogens is 261 g/mol. The third-order valence-electron chi connectivity index (χ3n) is 3.02. The van der Waals surface area contributed by atoms with Crippen molar-refractivity contribution in [1.82, 2.24) is 0 Å². The number of aliphatic hydroxyl groups is 1. The van der Waals surface area contributed by atoms with Crippen LogP contribution < -0.4 is 5.73 Å². The van der Waals surface area contributed by atoms with Crippen molar-refractivity contribution in [2.24, 2.45) is 16.8 Å². The summed E-state index contributed by atoms with van der Waals surface area (Å²) in [6, 6.07) is 8.28. The maximum atomic E-state index is 12.9. The van der Waals surface area contributed by atoms with Crippen molar-refractivity contribution in [2.45, 2.75) is 18.4 Å². The lowest BCUT2D eigenvalue weighted by molar-refractivity contribution is -0.370. The summed E-state index contributed by atoms with van der Waals surface area (Å²) in [4.78, 5) is 4.30. The zero-order chi connectivity index (χ0) is 14.1. The van der Waals surface area contributed by atoms with Crippen molar-refractivity contribution in [2.75, 3.05) is 6.54 Å². The van der Waals surface area contributed by atoms with E-state index in [1.54, 1.807) is 30.3 Å². The fraction of sp³-hybridized carbons (Fsp3) is 0.417. The lowest BCUT2D eigenvalue weighted by Gasteiger charge is -2.29. The van der Waals surface area contributed by atoms with E-state index in [0.29, 0.717) is 5.56 Å². The average molecular weight is 274 g/mol. The van der Waals surface area contributed by atoms with Crippen molar-refractivity contribution in [1.29, 1.82) is 0 Å². The van der Waals surface area contributed by atoms with Crippen molar-refractivity contribution in [3.63, 3.8) is 0 Å². The summed E-state index contributed by atoms with van der Waals surface area (Å²) in [6.45, 7) is -0.0156. The largest absolute Gasteiger partial charge is 0.458 e. The number of nitrogens with zero attached hydrogens (tertiary/aromatic N) is 1. The van der Waals surface area contributed by atoms with E-state index in [1.807, 2.05) is 0 Å². The van der Waals surface area contributed by atoms with Crippen LogP contribution in [0.1, 0.15) is 12.0 Å². The zero-order valence-corrected chi connectivity index (χ0v) is 9.89. The predicted octanol–water partition coefficient (Wildman–Crippen LogP) is 1.64. The molecule has 0 saturated heterocycles. The van der Waals surface area contributed by atoms with Crippen LogP contribution in [0.3, 0.4) is 0 Å². The molecule has 0 aliphatic carbocycles. The summed E-state index contributed by atoms with van der Waals surface area (Å²) < 4.78 is 38.8. The Morgan fingerprint density at radius 1 is 1.32 bits per heavy atom. The van der Waals surface area contributed by atoms with E-state index >= 15 is 0 Å². The van der Waals surface area contributed by atoms with Gasteiger partial charge in [-0.25, -0.2) is 0 Å². The molecule has 104 valence electrons. The highest BCUT2D eigenvalue weighted by molar-refractivity contribution is 6.03. The Morgan fingerprint density at radius 3 is 2.47 bits per heavy atom. The van der Waals surface area contributed by atoms with Crippen molar-refractivity contribution in [3.8, 4) is 0 Å². The van der Waals surface area contributed by atoms with E-state index in [-0.39, 0.29) is 18.7 Å². The van der Waals surface area contributed by atoms with Crippen LogP contribution in [0.5, 0.6) is 0 Å². The van der Waals surface area contributed by atoms with E-state index in [2.05, 4.69) is 9.99 Å². The standard InChI is InChI=1S/C12H13F3N2O2/c13-12(14,15)11(18)9(6-7-16)10(17-19-11)8-4-2-1-3-5-8/h1-5,9,18H,6-7,16H2/t9-,11+/m0/s1. The highest BCUT2D eigenvalue weighted by atomic mass is 19.4. The summed E-state index contributed by atoms with van der Waals surface area (Å²) in [5.41, 5.74) is 5.86. The molecule has 1 aromatic carbocycles. The number of benzene rings is 1. The SMILES string of the molecule is NCC[C@H]1C(c2ccccc2)=NO[C@@]1(O)C(F)(F)F. The Bertz CT molecular complexity index is 476. The fourth-order valence-electron chi connectivity index (χ4n) is 2.04.